The molecule has 1 fully saturated rings. The van der Waals surface area contributed by atoms with E-state index < -0.39 is 0 Å². The minimum atomic E-state index is -0.0305. The number of hydrogen-bond acceptors (Lipinski definition) is 2. The summed E-state index contributed by atoms with van der Waals surface area (Å²) in [6.45, 7) is 0. The van der Waals surface area contributed by atoms with Crippen molar-refractivity contribution >= 4 is 22.6 Å². The third-order valence-corrected chi connectivity index (χ3v) is 4.53. The molecule has 0 aliphatic heterocycles. The van der Waals surface area contributed by atoms with Crippen LogP contribution in [0.5, 0.6) is 0 Å². The summed E-state index contributed by atoms with van der Waals surface area (Å²) in [4.78, 5) is 22.6. The van der Waals surface area contributed by atoms with Crippen LogP contribution in [0.15, 0.2) is 23.1 Å². The molecule has 5 heteroatoms. The number of H-pyrrole nitrogens is 2. The lowest BCUT2D eigenvalue weighted by Gasteiger charge is -2.11. The normalized spacial score (nSPS) is 16.3. The minimum Gasteiger partial charge on any atom is -0.359 e. The van der Waals surface area contributed by atoms with Gasteiger partial charge in [-0.2, -0.15) is 0 Å². The highest BCUT2D eigenvalue weighted by atomic mass is 127. The lowest BCUT2D eigenvalue weighted by atomic mass is 10.0. The van der Waals surface area contributed by atoms with E-state index >= 15 is 0 Å². The van der Waals surface area contributed by atoms with E-state index in [0.717, 1.165) is 27.8 Å². The van der Waals surface area contributed by atoms with Crippen molar-refractivity contribution in [3.05, 3.63) is 37.9 Å². The van der Waals surface area contributed by atoms with Gasteiger partial charge in [0.1, 0.15) is 3.57 Å². The lowest BCUT2D eigenvalue weighted by Crippen LogP contribution is -2.18. The summed E-state index contributed by atoms with van der Waals surface area (Å²) in [5.74, 6) is 1.10. The first-order valence-electron chi connectivity index (χ1n) is 6.19. The summed E-state index contributed by atoms with van der Waals surface area (Å²) in [6.07, 6.45) is 6.62. The van der Waals surface area contributed by atoms with Gasteiger partial charge in [-0.3, -0.25) is 4.79 Å². The van der Waals surface area contributed by atoms with Crippen LogP contribution in [-0.2, 0) is 0 Å². The molecule has 94 valence electrons. The topological polar surface area (TPSA) is 61.5 Å². The number of halogens is 1. The van der Waals surface area contributed by atoms with Crippen LogP contribution in [0.4, 0.5) is 0 Å². The van der Waals surface area contributed by atoms with Crippen LogP contribution in [0.3, 0.4) is 0 Å². The first kappa shape index (κ1) is 12.0. The Morgan fingerprint density at radius 1 is 1.33 bits per heavy atom. The molecule has 18 heavy (non-hydrogen) atoms. The molecule has 4 nitrogen and oxygen atoms in total. The summed E-state index contributed by atoms with van der Waals surface area (Å²) < 4.78 is 0.745. The van der Waals surface area contributed by atoms with E-state index in [0.29, 0.717) is 11.7 Å². The number of rotatable bonds is 2. The Labute approximate surface area is 118 Å². The Balaban J connectivity index is 2.10. The molecule has 0 spiro atoms. The van der Waals surface area contributed by atoms with Crippen molar-refractivity contribution in [2.75, 3.05) is 0 Å². The van der Waals surface area contributed by atoms with Crippen molar-refractivity contribution in [1.82, 2.24) is 15.0 Å². The largest absolute Gasteiger partial charge is 0.359 e. The molecule has 0 aromatic carbocycles. The van der Waals surface area contributed by atoms with Crippen molar-refractivity contribution in [1.29, 1.82) is 0 Å². The number of aromatic nitrogens is 3. The van der Waals surface area contributed by atoms with Crippen LogP contribution in [0.1, 0.15) is 37.3 Å². The lowest BCUT2D eigenvalue weighted by molar-refractivity contribution is 0.687. The van der Waals surface area contributed by atoms with E-state index in [1.165, 1.54) is 12.8 Å². The molecular weight excluding hydrogens is 341 g/mol. The second-order valence-corrected chi connectivity index (χ2v) is 5.76. The fourth-order valence-corrected chi connectivity index (χ4v) is 3.25. The fourth-order valence-electron chi connectivity index (χ4n) is 2.55. The molecule has 0 atom stereocenters. The smallest absolute Gasteiger partial charge is 0.264 e. The molecule has 3 rings (SSSR count). The highest BCUT2D eigenvalue weighted by Crippen LogP contribution is 2.34. The molecule has 0 amide bonds. The van der Waals surface area contributed by atoms with Gasteiger partial charge in [-0.15, -0.1) is 0 Å². The van der Waals surface area contributed by atoms with E-state index in [1.54, 1.807) is 0 Å². The van der Waals surface area contributed by atoms with Gasteiger partial charge < -0.3 is 9.97 Å². The Bertz CT molecular complexity index is 597. The second kappa shape index (κ2) is 4.87. The van der Waals surface area contributed by atoms with Crippen LogP contribution in [-0.4, -0.2) is 15.0 Å². The predicted octanol–water partition coefficient (Wildman–Crippen LogP) is 3.03. The van der Waals surface area contributed by atoms with Gasteiger partial charge in [-0.25, -0.2) is 4.98 Å². The maximum absolute atomic E-state index is 12.0. The first-order valence-corrected chi connectivity index (χ1v) is 7.27. The zero-order chi connectivity index (χ0) is 12.5. The van der Waals surface area contributed by atoms with Crippen LogP contribution in [0, 0.1) is 3.57 Å². The molecule has 0 saturated heterocycles. The Morgan fingerprint density at radius 3 is 2.78 bits per heavy atom. The summed E-state index contributed by atoms with van der Waals surface area (Å²) in [6, 6.07) is 3.83. The summed E-state index contributed by atoms with van der Waals surface area (Å²) in [7, 11) is 0. The third kappa shape index (κ3) is 2.11. The van der Waals surface area contributed by atoms with Crippen molar-refractivity contribution in [2.24, 2.45) is 0 Å². The molecule has 2 N–H and O–H groups in total. The summed E-state index contributed by atoms with van der Waals surface area (Å²) in [5.41, 5.74) is 1.81. The average Bonchev–Trinajstić information content (AvgIpc) is 3.03. The first-order chi connectivity index (χ1) is 8.75. The van der Waals surface area contributed by atoms with E-state index in [9.17, 15) is 4.79 Å². The molecular formula is C13H14IN3O. The van der Waals surface area contributed by atoms with Gasteiger partial charge in [0.25, 0.3) is 5.56 Å². The SMILES string of the molecule is O=c1[nH]c(-c2ccc[nH]2)nc(C2CCCC2)c1I. The standard InChI is InChI=1S/C13H14IN3O/c14-10-11(8-4-1-2-5-8)16-12(17-13(10)18)9-6-3-7-15-9/h3,6-8,15H,1-2,4-5H2,(H,16,17,18). The van der Waals surface area contributed by atoms with Crippen LogP contribution in [0.25, 0.3) is 11.5 Å². The molecule has 1 aliphatic rings. The molecule has 2 aromatic rings. The van der Waals surface area contributed by atoms with E-state index in [1.807, 2.05) is 18.3 Å². The number of nitrogens with one attached hydrogen (secondary N) is 2. The zero-order valence-electron chi connectivity index (χ0n) is 9.87. The van der Waals surface area contributed by atoms with Crippen molar-refractivity contribution in [3.63, 3.8) is 0 Å². The average molecular weight is 355 g/mol. The zero-order valence-corrected chi connectivity index (χ0v) is 12.0. The fraction of sp³-hybridized carbons (Fsp3) is 0.385. The highest BCUT2D eigenvalue weighted by Gasteiger charge is 2.23. The van der Waals surface area contributed by atoms with E-state index in [4.69, 9.17) is 0 Å². The Morgan fingerprint density at radius 2 is 2.11 bits per heavy atom. The maximum Gasteiger partial charge on any atom is 0.264 e. The molecule has 1 saturated carbocycles. The van der Waals surface area contributed by atoms with Crippen LogP contribution < -0.4 is 5.56 Å². The molecule has 2 aromatic heterocycles. The maximum atomic E-state index is 12.0. The van der Waals surface area contributed by atoms with E-state index in [2.05, 4.69) is 37.5 Å². The van der Waals surface area contributed by atoms with Gasteiger partial charge in [-0.1, -0.05) is 12.8 Å². The van der Waals surface area contributed by atoms with Gasteiger partial charge in [0.05, 0.1) is 11.4 Å². The monoisotopic (exact) mass is 355 g/mol. The number of aromatic amines is 2. The minimum absolute atomic E-state index is 0.0305. The molecule has 1 aliphatic carbocycles. The number of hydrogen-bond donors (Lipinski definition) is 2. The van der Waals surface area contributed by atoms with Crippen molar-refractivity contribution < 1.29 is 0 Å². The molecule has 0 bridgehead atoms. The molecule has 0 radical (unpaired) electrons. The van der Waals surface area contributed by atoms with Gasteiger partial charge in [0.15, 0.2) is 5.82 Å². The predicted molar refractivity (Wildman–Crippen MR) is 78.6 cm³/mol. The van der Waals surface area contributed by atoms with Crippen LogP contribution in [0.2, 0.25) is 0 Å². The molecule has 0 unspecified atom stereocenters. The summed E-state index contributed by atoms with van der Waals surface area (Å²) >= 11 is 2.11. The highest BCUT2D eigenvalue weighted by molar-refractivity contribution is 14.1. The third-order valence-electron chi connectivity index (χ3n) is 3.48. The van der Waals surface area contributed by atoms with Gasteiger partial charge in [-0.05, 0) is 47.6 Å². The van der Waals surface area contributed by atoms with Gasteiger partial charge >= 0.3 is 0 Å². The second-order valence-electron chi connectivity index (χ2n) is 4.68. The van der Waals surface area contributed by atoms with E-state index in [-0.39, 0.29) is 5.56 Å². The molecule has 2 heterocycles. The van der Waals surface area contributed by atoms with Crippen LogP contribution >= 0.6 is 22.6 Å². The Hall–Kier alpha value is -1.11. The van der Waals surface area contributed by atoms with Crippen molar-refractivity contribution in [3.8, 4) is 11.5 Å². The summed E-state index contributed by atoms with van der Waals surface area (Å²) in [5, 5.41) is 0. The Kier molecular flexibility index (Phi) is 3.23. The van der Waals surface area contributed by atoms with Gasteiger partial charge in [0.2, 0.25) is 0 Å². The quantitative estimate of drug-likeness (QED) is 0.814. The van der Waals surface area contributed by atoms with Crippen molar-refractivity contribution in [2.45, 2.75) is 31.6 Å². The van der Waals surface area contributed by atoms with Gasteiger partial charge in [0, 0.05) is 12.1 Å². The number of nitrogens with zero attached hydrogens (tertiary/aromatic N) is 1.